The predicted molar refractivity (Wildman–Crippen MR) is 117 cm³/mol. The average molecular weight is 443 g/mol. The molecule has 0 saturated heterocycles. The standard InChI is InChI=1S/C21H26BN3O7/c1-13(26)25(9-8-23)12-14-4-2-6-16(10-14)20(28)24-18(22(31)32)11-15-5-3-7-17(19(15)27)21(29)30/h2-7,10,18,27,31-32H,8-9,11-12,23H2,1H3,(H,24,28)(H,29,30). The Labute approximate surface area is 185 Å². The highest BCUT2D eigenvalue weighted by Gasteiger charge is 2.28. The Morgan fingerprint density at radius 1 is 1.16 bits per heavy atom. The molecular weight excluding hydrogens is 417 g/mol. The van der Waals surface area contributed by atoms with Crippen molar-refractivity contribution < 1.29 is 34.6 Å². The Kier molecular flexibility index (Phi) is 8.76. The number of phenols is 1. The average Bonchev–Trinajstić information content (AvgIpc) is 2.74. The molecule has 2 aromatic carbocycles. The van der Waals surface area contributed by atoms with Crippen molar-refractivity contribution in [3.8, 4) is 5.75 Å². The number of aromatic carboxylic acids is 1. The number of carboxylic acid groups (broad SMARTS) is 1. The maximum atomic E-state index is 12.7. The highest BCUT2D eigenvalue weighted by Crippen LogP contribution is 2.24. The number of nitrogens with one attached hydrogen (secondary N) is 1. The predicted octanol–water partition coefficient (Wildman–Crippen LogP) is -0.249. The summed E-state index contributed by atoms with van der Waals surface area (Å²) in [5, 5.41) is 41.2. The SMILES string of the molecule is CC(=O)N(CCN)Cc1cccc(C(=O)NC(Cc2cccc(C(=O)O)c2O)B(O)O)c1. The molecule has 0 fully saturated rings. The number of carbonyl (C=O) groups excluding carboxylic acids is 2. The molecule has 0 heterocycles. The van der Waals surface area contributed by atoms with Crippen molar-refractivity contribution in [2.45, 2.75) is 25.8 Å². The minimum absolute atomic E-state index is 0.135. The molecule has 0 aliphatic heterocycles. The zero-order valence-electron chi connectivity index (χ0n) is 17.6. The van der Waals surface area contributed by atoms with Crippen LogP contribution in [0.4, 0.5) is 0 Å². The number of carboxylic acids is 1. The zero-order valence-corrected chi connectivity index (χ0v) is 17.6. The van der Waals surface area contributed by atoms with Gasteiger partial charge in [-0.05, 0) is 35.7 Å². The van der Waals surface area contributed by atoms with Crippen molar-refractivity contribution in [2.24, 2.45) is 5.73 Å². The molecule has 0 bridgehead atoms. The van der Waals surface area contributed by atoms with E-state index in [1.54, 1.807) is 18.2 Å². The molecule has 2 aromatic rings. The minimum Gasteiger partial charge on any atom is -0.507 e. The molecule has 170 valence electrons. The molecule has 7 N–H and O–H groups in total. The van der Waals surface area contributed by atoms with Crippen LogP contribution in [0.1, 0.15) is 38.8 Å². The van der Waals surface area contributed by atoms with Crippen LogP contribution in [-0.4, -0.2) is 69.1 Å². The number of hydrogen-bond acceptors (Lipinski definition) is 7. The molecule has 32 heavy (non-hydrogen) atoms. The van der Waals surface area contributed by atoms with Crippen LogP contribution in [0.3, 0.4) is 0 Å². The van der Waals surface area contributed by atoms with Gasteiger partial charge in [0.2, 0.25) is 5.91 Å². The molecule has 2 amide bonds. The van der Waals surface area contributed by atoms with Crippen LogP contribution in [0, 0.1) is 0 Å². The Morgan fingerprint density at radius 3 is 2.44 bits per heavy atom. The van der Waals surface area contributed by atoms with E-state index in [0.717, 1.165) is 0 Å². The van der Waals surface area contributed by atoms with Crippen LogP contribution in [-0.2, 0) is 17.8 Å². The van der Waals surface area contributed by atoms with Crippen LogP contribution in [0.25, 0.3) is 0 Å². The second-order valence-corrected chi connectivity index (χ2v) is 7.25. The number of hydrogen-bond donors (Lipinski definition) is 6. The summed E-state index contributed by atoms with van der Waals surface area (Å²) in [5.41, 5.74) is 6.25. The lowest BCUT2D eigenvalue weighted by Gasteiger charge is -2.21. The van der Waals surface area contributed by atoms with E-state index in [2.05, 4.69) is 5.32 Å². The third-order valence-corrected chi connectivity index (χ3v) is 4.87. The van der Waals surface area contributed by atoms with Crippen molar-refractivity contribution in [3.63, 3.8) is 0 Å². The number of rotatable bonds is 10. The van der Waals surface area contributed by atoms with E-state index in [1.165, 1.54) is 36.1 Å². The fourth-order valence-electron chi connectivity index (χ4n) is 3.18. The molecule has 11 heteroatoms. The molecule has 0 aromatic heterocycles. The lowest BCUT2D eigenvalue weighted by molar-refractivity contribution is -0.129. The first-order valence-electron chi connectivity index (χ1n) is 9.89. The molecular formula is C21H26BN3O7. The molecule has 10 nitrogen and oxygen atoms in total. The van der Waals surface area contributed by atoms with E-state index >= 15 is 0 Å². The smallest absolute Gasteiger partial charge is 0.475 e. The molecule has 0 aliphatic rings. The van der Waals surface area contributed by atoms with Gasteiger partial charge in [-0.25, -0.2) is 4.79 Å². The summed E-state index contributed by atoms with van der Waals surface area (Å²) in [5.74, 6) is -3.82. The summed E-state index contributed by atoms with van der Waals surface area (Å²) in [6.07, 6.45) is -0.218. The lowest BCUT2D eigenvalue weighted by Crippen LogP contribution is -2.48. The van der Waals surface area contributed by atoms with Crippen molar-refractivity contribution in [1.29, 1.82) is 0 Å². The highest BCUT2D eigenvalue weighted by atomic mass is 16.4. The number of carbonyl (C=O) groups is 3. The number of nitrogens with two attached hydrogens (primary N) is 1. The van der Waals surface area contributed by atoms with E-state index in [1.807, 2.05) is 0 Å². The second-order valence-electron chi connectivity index (χ2n) is 7.25. The first-order valence-corrected chi connectivity index (χ1v) is 9.89. The Bertz CT molecular complexity index is 984. The number of para-hydroxylation sites is 1. The van der Waals surface area contributed by atoms with Crippen LogP contribution >= 0.6 is 0 Å². The summed E-state index contributed by atoms with van der Waals surface area (Å²) >= 11 is 0. The van der Waals surface area contributed by atoms with Crippen molar-refractivity contribution >= 4 is 24.9 Å². The van der Waals surface area contributed by atoms with Crippen LogP contribution < -0.4 is 11.1 Å². The van der Waals surface area contributed by atoms with Gasteiger partial charge in [0.1, 0.15) is 11.3 Å². The number of aromatic hydroxyl groups is 1. The van der Waals surface area contributed by atoms with Crippen LogP contribution in [0.2, 0.25) is 0 Å². The summed E-state index contributed by atoms with van der Waals surface area (Å²) in [6.45, 7) is 2.35. The maximum Gasteiger partial charge on any atom is 0.475 e. The summed E-state index contributed by atoms with van der Waals surface area (Å²) < 4.78 is 0. The molecule has 2 rings (SSSR count). The monoisotopic (exact) mass is 443 g/mol. The Hall–Kier alpha value is -3.41. The topological polar surface area (TPSA) is 173 Å². The van der Waals surface area contributed by atoms with Gasteiger partial charge in [-0.15, -0.1) is 0 Å². The molecule has 1 unspecified atom stereocenters. The van der Waals surface area contributed by atoms with E-state index in [9.17, 15) is 29.5 Å². The molecule has 1 atom stereocenters. The fraction of sp³-hybridized carbons (Fsp3) is 0.286. The fourth-order valence-corrected chi connectivity index (χ4v) is 3.18. The maximum absolute atomic E-state index is 12.7. The summed E-state index contributed by atoms with van der Waals surface area (Å²) in [7, 11) is -1.97. The number of benzene rings is 2. The summed E-state index contributed by atoms with van der Waals surface area (Å²) in [6, 6.07) is 10.5. The number of nitrogens with zero attached hydrogens (tertiary/aromatic N) is 1. The molecule has 0 radical (unpaired) electrons. The molecule has 0 saturated carbocycles. The van der Waals surface area contributed by atoms with E-state index < -0.39 is 30.7 Å². The molecule has 0 aliphatic carbocycles. The van der Waals surface area contributed by atoms with Gasteiger partial charge in [-0.3, -0.25) is 9.59 Å². The minimum atomic E-state index is -1.97. The molecule has 0 spiro atoms. The first kappa shape index (κ1) is 24.9. The number of amides is 2. The van der Waals surface area contributed by atoms with Gasteiger partial charge in [0.05, 0.1) is 5.94 Å². The third-order valence-electron chi connectivity index (χ3n) is 4.87. The van der Waals surface area contributed by atoms with Gasteiger partial charge in [-0.2, -0.15) is 0 Å². The largest absolute Gasteiger partial charge is 0.507 e. The van der Waals surface area contributed by atoms with Gasteiger partial charge < -0.3 is 36.2 Å². The van der Waals surface area contributed by atoms with Crippen LogP contribution in [0.15, 0.2) is 42.5 Å². The quantitative estimate of drug-likeness (QED) is 0.273. The first-order chi connectivity index (χ1) is 15.1. The Morgan fingerprint density at radius 2 is 1.84 bits per heavy atom. The lowest BCUT2D eigenvalue weighted by atomic mass is 9.75. The Balaban J connectivity index is 2.18. The normalized spacial score (nSPS) is 11.5. The van der Waals surface area contributed by atoms with Gasteiger partial charge in [0.15, 0.2) is 0 Å². The van der Waals surface area contributed by atoms with Gasteiger partial charge in [-0.1, -0.05) is 24.3 Å². The van der Waals surface area contributed by atoms with Crippen molar-refractivity contribution in [1.82, 2.24) is 10.2 Å². The third kappa shape index (κ3) is 6.54. The summed E-state index contributed by atoms with van der Waals surface area (Å²) in [4.78, 5) is 37.2. The zero-order chi connectivity index (χ0) is 23.8. The van der Waals surface area contributed by atoms with Crippen molar-refractivity contribution in [3.05, 3.63) is 64.7 Å². The van der Waals surface area contributed by atoms with E-state index in [0.29, 0.717) is 18.7 Å². The van der Waals surface area contributed by atoms with Gasteiger partial charge in [0.25, 0.3) is 5.91 Å². The highest BCUT2D eigenvalue weighted by molar-refractivity contribution is 6.43. The second kappa shape index (κ2) is 11.3. The van der Waals surface area contributed by atoms with E-state index in [4.69, 9.17) is 10.8 Å². The van der Waals surface area contributed by atoms with E-state index in [-0.39, 0.29) is 35.6 Å². The van der Waals surface area contributed by atoms with Gasteiger partial charge in [0, 0.05) is 32.1 Å². The van der Waals surface area contributed by atoms with Gasteiger partial charge >= 0.3 is 13.1 Å². The van der Waals surface area contributed by atoms with Crippen LogP contribution in [0.5, 0.6) is 5.75 Å². The van der Waals surface area contributed by atoms with Crippen molar-refractivity contribution in [2.75, 3.05) is 13.1 Å².